The van der Waals surface area contributed by atoms with Crippen molar-refractivity contribution in [1.82, 2.24) is 14.9 Å². The number of fused-ring (bicyclic) bond motifs is 1. The van der Waals surface area contributed by atoms with Gasteiger partial charge in [-0.05, 0) is 62.3 Å². The Balaban J connectivity index is 1.23. The number of rotatable bonds is 6. The molecule has 0 saturated carbocycles. The van der Waals surface area contributed by atoms with Gasteiger partial charge in [0, 0.05) is 12.7 Å². The number of thiazole rings is 1. The van der Waals surface area contributed by atoms with Crippen LogP contribution in [-0.2, 0) is 0 Å². The van der Waals surface area contributed by atoms with Crippen molar-refractivity contribution < 1.29 is 22.6 Å². The van der Waals surface area contributed by atoms with E-state index in [4.69, 9.17) is 9.47 Å². The largest absolute Gasteiger partial charge is 0.492 e. The Morgan fingerprint density at radius 1 is 1.07 bits per heavy atom. The smallest absolute Gasteiger partial charge is 0.391 e. The maximum atomic E-state index is 12.7. The molecule has 9 heteroatoms. The number of benzene rings is 1. The molecule has 0 spiro atoms. The zero-order valence-electron chi connectivity index (χ0n) is 15.6. The molecule has 0 atom stereocenters. The average molecular weight is 423 g/mol. The molecular formula is C20H20F3N3O2S. The predicted octanol–water partition coefficient (Wildman–Crippen LogP) is 5.14. The summed E-state index contributed by atoms with van der Waals surface area (Å²) in [6, 6.07) is 11.0. The van der Waals surface area contributed by atoms with Crippen LogP contribution in [-0.4, -0.2) is 47.3 Å². The van der Waals surface area contributed by atoms with Crippen molar-refractivity contribution in [3.63, 3.8) is 0 Å². The van der Waals surface area contributed by atoms with E-state index < -0.39 is 12.1 Å². The fourth-order valence-electron chi connectivity index (χ4n) is 3.27. The van der Waals surface area contributed by atoms with Crippen molar-refractivity contribution in [3.8, 4) is 16.7 Å². The molecule has 1 saturated heterocycles. The molecule has 1 aliphatic heterocycles. The molecule has 29 heavy (non-hydrogen) atoms. The highest BCUT2D eigenvalue weighted by Crippen LogP contribution is 2.34. The van der Waals surface area contributed by atoms with Crippen molar-refractivity contribution in [2.75, 3.05) is 26.2 Å². The third kappa shape index (κ3) is 5.16. The van der Waals surface area contributed by atoms with Crippen molar-refractivity contribution in [3.05, 3.63) is 42.6 Å². The maximum absolute atomic E-state index is 12.7. The van der Waals surface area contributed by atoms with Crippen LogP contribution in [0.1, 0.15) is 12.8 Å². The highest BCUT2D eigenvalue weighted by Gasteiger charge is 2.40. The summed E-state index contributed by atoms with van der Waals surface area (Å²) >= 11 is 1.42. The highest BCUT2D eigenvalue weighted by molar-refractivity contribution is 7.20. The summed E-state index contributed by atoms with van der Waals surface area (Å²) in [7, 11) is 0. The van der Waals surface area contributed by atoms with Gasteiger partial charge in [0.1, 0.15) is 18.1 Å². The van der Waals surface area contributed by atoms with E-state index in [1.165, 1.54) is 11.3 Å². The second-order valence-electron chi connectivity index (χ2n) is 6.88. The lowest BCUT2D eigenvalue weighted by Crippen LogP contribution is -2.40. The molecule has 1 aromatic carbocycles. The quantitative estimate of drug-likeness (QED) is 0.550. The summed E-state index contributed by atoms with van der Waals surface area (Å²) in [6.45, 7) is 1.95. The van der Waals surface area contributed by atoms with Gasteiger partial charge in [-0.15, -0.1) is 0 Å². The first-order chi connectivity index (χ1) is 14.0. The summed E-state index contributed by atoms with van der Waals surface area (Å²) in [5, 5.41) is 0.523. The predicted molar refractivity (Wildman–Crippen MR) is 105 cm³/mol. The molecule has 4 rings (SSSR count). The topological polar surface area (TPSA) is 47.5 Å². The fraction of sp³-hybridized carbons (Fsp3) is 0.400. The number of alkyl halides is 3. The van der Waals surface area contributed by atoms with Gasteiger partial charge in [0.05, 0.1) is 10.6 Å². The summed E-state index contributed by atoms with van der Waals surface area (Å²) in [4.78, 5) is 10.5. The number of likely N-dealkylation sites (tertiary alicyclic amines) is 1. The molecule has 3 heterocycles. The van der Waals surface area contributed by atoms with Gasteiger partial charge in [0.15, 0.2) is 5.65 Å². The van der Waals surface area contributed by atoms with Crippen LogP contribution in [0.2, 0.25) is 0 Å². The van der Waals surface area contributed by atoms with Crippen LogP contribution >= 0.6 is 11.3 Å². The Bertz CT molecular complexity index is 905. The lowest BCUT2D eigenvalue weighted by atomic mass is 9.96. The molecule has 1 aliphatic rings. The van der Waals surface area contributed by atoms with Crippen molar-refractivity contribution in [2.45, 2.75) is 19.0 Å². The van der Waals surface area contributed by atoms with Gasteiger partial charge in [-0.3, -0.25) is 4.90 Å². The molecule has 0 unspecified atom stereocenters. The number of aromatic nitrogens is 2. The number of hydrogen-bond acceptors (Lipinski definition) is 6. The molecule has 0 bridgehead atoms. The van der Waals surface area contributed by atoms with Crippen LogP contribution in [0.4, 0.5) is 13.2 Å². The van der Waals surface area contributed by atoms with Crippen molar-refractivity contribution >= 4 is 21.7 Å². The molecule has 0 radical (unpaired) electrons. The molecule has 0 amide bonds. The van der Waals surface area contributed by atoms with Crippen LogP contribution in [0.5, 0.6) is 16.7 Å². The van der Waals surface area contributed by atoms with Gasteiger partial charge in [-0.2, -0.15) is 18.2 Å². The second kappa shape index (κ2) is 8.54. The van der Waals surface area contributed by atoms with Gasteiger partial charge >= 0.3 is 6.18 Å². The summed E-state index contributed by atoms with van der Waals surface area (Å²) in [5.41, 5.74) is 0.659. The molecule has 0 aliphatic carbocycles. The van der Waals surface area contributed by atoms with Gasteiger partial charge in [0.2, 0.25) is 0 Å². The molecule has 154 valence electrons. The summed E-state index contributed by atoms with van der Waals surface area (Å²) in [5.74, 6) is 0.164. The lowest BCUT2D eigenvalue weighted by molar-refractivity contribution is -0.185. The number of halogens is 3. The van der Waals surface area contributed by atoms with Crippen LogP contribution in [0.25, 0.3) is 10.3 Å². The zero-order valence-corrected chi connectivity index (χ0v) is 16.4. The Hall–Kier alpha value is -2.39. The Labute approximate surface area is 170 Å². The first kappa shape index (κ1) is 19.9. The van der Waals surface area contributed by atoms with Gasteiger partial charge in [0.25, 0.3) is 5.19 Å². The minimum Gasteiger partial charge on any atom is -0.492 e. The molecule has 1 fully saturated rings. The van der Waals surface area contributed by atoms with Crippen LogP contribution in [0, 0.1) is 5.92 Å². The number of pyridine rings is 1. The third-order valence-electron chi connectivity index (χ3n) is 4.90. The first-order valence-corrected chi connectivity index (χ1v) is 10.2. The van der Waals surface area contributed by atoms with Crippen molar-refractivity contribution in [1.29, 1.82) is 0 Å². The SMILES string of the molecule is FC(F)(F)C1CCN(CCOc2ccc(Oc3nc4ncccc4s3)cc2)CC1. The normalized spacial score (nSPS) is 16.2. The molecule has 0 N–H and O–H groups in total. The number of ether oxygens (including phenoxy) is 2. The van der Waals surface area contributed by atoms with E-state index in [1.807, 2.05) is 17.0 Å². The Kier molecular flexibility index (Phi) is 5.86. The zero-order chi connectivity index (χ0) is 20.3. The average Bonchev–Trinajstić information content (AvgIpc) is 3.11. The van der Waals surface area contributed by atoms with Gasteiger partial charge < -0.3 is 9.47 Å². The van der Waals surface area contributed by atoms with Crippen LogP contribution in [0.15, 0.2) is 42.6 Å². The Morgan fingerprint density at radius 2 is 1.79 bits per heavy atom. The number of nitrogens with zero attached hydrogens (tertiary/aromatic N) is 3. The second-order valence-corrected chi connectivity index (χ2v) is 7.88. The molecular weight excluding hydrogens is 403 g/mol. The summed E-state index contributed by atoms with van der Waals surface area (Å²) < 4.78 is 50.6. The number of piperidine rings is 1. The van der Waals surface area contributed by atoms with Crippen LogP contribution in [0.3, 0.4) is 0 Å². The van der Waals surface area contributed by atoms with Gasteiger partial charge in [-0.25, -0.2) is 4.98 Å². The Morgan fingerprint density at radius 3 is 2.48 bits per heavy atom. The van der Waals surface area contributed by atoms with E-state index >= 15 is 0 Å². The van der Waals surface area contributed by atoms with Crippen molar-refractivity contribution in [2.24, 2.45) is 5.92 Å². The van der Waals surface area contributed by atoms with E-state index in [1.54, 1.807) is 30.5 Å². The van der Waals surface area contributed by atoms with E-state index in [-0.39, 0.29) is 12.8 Å². The third-order valence-corrected chi connectivity index (χ3v) is 5.79. The van der Waals surface area contributed by atoms with E-state index in [2.05, 4.69) is 9.97 Å². The first-order valence-electron chi connectivity index (χ1n) is 9.39. The van der Waals surface area contributed by atoms with E-state index in [0.29, 0.717) is 48.6 Å². The number of hydrogen-bond donors (Lipinski definition) is 0. The van der Waals surface area contributed by atoms with Gasteiger partial charge in [-0.1, -0.05) is 11.3 Å². The molecule has 2 aromatic heterocycles. The molecule has 5 nitrogen and oxygen atoms in total. The van der Waals surface area contributed by atoms with E-state index in [0.717, 1.165) is 4.70 Å². The lowest BCUT2D eigenvalue weighted by Gasteiger charge is -2.32. The standard InChI is InChI=1S/C20H20F3N3O2S/c21-20(22,23)14-7-10-26(11-8-14)12-13-27-15-3-5-16(6-4-15)28-19-25-18-17(29-19)2-1-9-24-18/h1-6,9,14H,7-8,10-13H2. The molecule has 3 aromatic rings. The highest BCUT2D eigenvalue weighted by atomic mass is 32.1. The minimum atomic E-state index is -4.08. The summed E-state index contributed by atoms with van der Waals surface area (Å²) in [6.07, 6.45) is -2.06. The maximum Gasteiger partial charge on any atom is 0.391 e. The van der Waals surface area contributed by atoms with Crippen LogP contribution < -0.4 is 9.47 Å². The van der Waals surface area contributed by atoms with E-state index in [9.17, 15) is 13.2 Å². The minimum absolute atomic E-state index is 0.164. The monoisotopic (exact) mass is 423 g/mol. The fourth-order valence-corrected chi connectivity index (χ4v) is 4.07.